The van der Waals surface area contributed by atoms with E-state index in [1.54, 1.807) is 0 Å². The third-order valence-electron chi connectivity index (χ3n) is 3.15. The molecule has 1 aromatic carbocycles. The molecular formula is C14H11F4NO2. The molecule has 0 aliphatic heterocycles. The molecule has 0 radical (unpaired) electrons. The summed E-state index contributed by atoms with van der Waals surface area (Å²) < 4.78 is 58.1. The van der Waals surface area contributed by atoms with E-state index in [2.05, 4.69) is 0 Å². The first-order valence-electron chi connectivity index (χ1n) is 5.88. The van der Waals surface area contributed by atoms with Crippen molar-refractivity contribution in [3.63, 3.8) is 0 Å². The van der Waals surface area contributed by atoms with Crippen LogP contribution in [0, 0.1) is 5.82 Å². The molecule has 3 nitrogen and oxygen atoms in total. The number of nitrogens with two attached hydrogens (primary N) is 1. The van der Waals surface area contributed by atoms with E-state index in [1.165, 1.54) is 19.2 Å². The second-order valence-corrected chi connectivity index (χ2v) is 4.39. The number of carbonyl (C=O) groups is 1. The van der Waals surface area contributed by atoms with Crippen LogP contribution >= 0.6 is 0 Å². The van der Waals surface area contributed by atoms with Gasteiger partial charge < -0.3 is 10.5 Å². The molecule has 1 aliphatic carbocycles. The van der Waals surface area contributed by atoms with E-state index in [0.29, 0.717) is 6.08 Å². The van der Waals surface area contributed by atoms with Crippen LogP contribution in [0.4, 0.5) is 17.6 Å². The zero-order valence-electron chi connectivity index (χ0n) is 10.9. The van der Waals surface area contributed by atoms with E-state index in [4.69, 9.17) is 10.5 Å². The molecule has 1 aliphatic rings. The maximum Gasteiger partial charge on any atom is 0.413 e. The van der Waals surface area contributed by atoms with Crippen LogP contribution in [0.3, 0.4) is 0 Å². The summed E-state index contributed by atoms with van der Waals surface area (Å²) in [7, 11) is 1.18. The summed E-state index contributed by atoms with van der Waals surface area (Å²) >= 11 is 0. The predicted octanol–water partition coefficient (Wildman–Crippen LogP) is 2.83. The first-order chi connectivity index (χ1) is 9.77. The summed E-state index contributed by atoms with van der Waals surface area (Å²) in [4.78, 5) is 12.0. The van der Waals surface area contributed by atoms with Crippen molar-refractivity contribution < 1.29 is 27.1 Å². The van der Waals surface area contributed by atoms with Gasteiger partial charge in [-0.2, -0.15) is 13.2 Å². The number of methoxy groups -OCH3 is 1. The Morgan fingerprint density at radius 1 is 1.24 bits per heavy atom. The van der Waals surface area contributed by atoms with Crippen molar-refractivity contribution in [2.45, 2.75) is 12.1 Å². The zero-order chi connectivity index (χ0) is 15.8. The molecule has 112 valence electrons. The average Bonchev–Trinajstić information content (AvgIpc) is 2.40. The lowest BCUT2D eigenvalue weighted by Gasteiger charge is -2.26. The lowest BCUT2D eigenvalue weighted by Crippen LogP contribution is -2.31. The van der Waals surface area contributed by atoms with Crippen molar-refractivity contribution in [2.24, 2.45) is 5.73 Å². The molecule has 1 atom stereocenters. The van der Waals surface area contributed by atoms with Crippen LogP contribution in [0.15, 0.2) is 41.6 Å². The van der Waals surface area contributed by atoms with Gasteiger partial charge in [0.05, 0.1) is 18.7 Å². The number of allylic oxidation sites excluding steroid dienone is 4. The van der Waals surface area contributed by atoms with Crippen molar-refractivity contribution in [2.75, 3.05) is 7.11 Å². The molecule has 0 saturated heterocycles. The largest absolute Gasteiger partial charge is 0.496 e. The molecule has 0 aromatic heterocycles. The van der Waals surface area contributed by atoms with Crippen molar-refractivity contribution in [1.29, 1.82) is 0 Å². The SMILES string of the molecule is COc1cccc(F)c1C1C(=O)C(N)=CC=C1C(F)(F)F. The third-order valence-corrected chi connectivity index (χ3v) is 3.15. The van der Waals surface area contributed by atoms with Gasteiger partial charge in [0.25, 0.3) is 0 Å². The summed E-state index contributed by atoms with van der Waals surface area (Å²) in [6, 6.07) is 3.53. The second kappa shape index (κ2) is 5.23. The smallest absolute Gasteiger partial charge is 0.413 e. The van der Waals surface area contributed by atoms with Gasteiger partial charge >= 0.3 is 6.18 Å². The first kappa shape index (κ1) is 15.1. The van der Waals surface area contributed by atoms with Crippen LogP contribution in [-0.2, 0) is 4.79 Å². The molecule has 0 spiro atoms. The number of alkyl halides is 3. The van der Waals surface area contributed by atoms with E-state index in [-0.39, 0.29) is 11.4 Å². The highest BCUT2D eigenvalue weighted by atomic mass is 19.4. The van der Waals surface area contributed by atoms with Gasteiger partial charge in [0.1, 0.15) is 11.6 Å². The molecule has 21 heavy (non-hydrogen) atoms. The molecule has 2 rings (SSSR count). The number of carbonyl (C=O) groups excluding carboxylic acids is 1. The molecular weight excluding hydrogens is 290 g/mol. The van der Waals surface area contributed by atoms with Crippen molar-refractivity contribution in [3.05, 3.63) is 53.0 Å². The summed E-state index contributed by atoms with van der Waals surface area (Å²) in [6.07, 6.45) is -3.23. The van der Waals surface area contributed by atoms with Gasteiger partial charge in [-0.15, -0.1) is 0 Å². The van der Waals surface area contributed by atoms with Gasteiger partial charge in [0.15, 0.2) is 5.78 Å². The maximum absolute atomic E-state index is 14.0. The van der Waals surface area contributed by atoms with Crippen LogP contribution in [0.5, 0.6) is 5.75 Å². The summed E-state index contributed by atoms with van der Waals surface area (Å²) in [6.45, 7) is 0. The molecule has 7 heteroatoms. The van der Waals surface area contributed by atoms with E-state index in [9.17, 15) is 22.4 Å². The topological polar surface area (TPSA) is 52.3 Å². The van der Waals surface area contributed by atoms with Gasteiger partial charge in [0.2, 0.25) is 0 Å². The number of ketones is 1. The Morgan fingerprint density at radius 2 is 1.90 bits per heavy atom. The normalized spacial score (nSPS) is 19.1. The van der Waals surface area contributed by atoms with Gasteiger partial charge in [-0.1, -0.05) is 12.1 Å². The summed E-state index contributed by atoms with van der Waals surface area (Å²) in [5.41, 5.74) is 3.38. The zero-order valence-corrected chi connectivity index (χ0v) is 10.9. The van der Waals surface area contributed by atoms with Crippen LogP contribution < -0.4 is 10.5 Å². The number of benzene rings is 1. The average molecular weight is 301 g/mol. The maximum atomic E-state index is 14.0. The van der Waals surface area contributed by atoms with Gasteiger partial charge in [-0.05, 0) is 18.2 Å². The number of ether oxygens (including phenoxy) is 1. The van der Waals surface area contributed by atoms with E-state index < -0.39 is 34.8 Å². The molecule has 0 bridgehead atoms. The molecule has 0 saturated carbocycles. The van der Waals surface area contributed by atoms with E-state index >= 15 is 0 Å². The minimum absolute atomic E-state index is 0.141. The Bertz CT molecular complexity index is 647. The Hall–Kier alpha value is -2.31. The summed E-state index contributed by atoms with van der Waals surface area (Å²) in [5.74, 6) is -3.98. The quantitative estimate of drug-likeness (QED) is 0.855. The van der Waals surface area contributed by atoms with Crippen molar-refractivity contribution in [3.8, 4) is 5.75 Å². The minimum Gasteiger partial charge on any atom is -0.496 e. The van der Waals surface area contributed by atoms with E-state index in [0.717, 1.165) is 12.1 Å². The highest BCUT2D eigenvalue weighted by Gasteiger charge is 2.45. The first-order valence-corrected chi connectivity index (χ1v) is 5.88. The summed E-state index contributed by atoms with van der Waals surface area (Å²) in [5, 5.41) is 0. The Kier molecular flexibility index (Phi) is 3.76. The van der Waals surface area contributed by atoms with Gasteiger partial charge in [-0.25, -0.2) is 4.39 Å². The fourth-order valence-corrected chi connectivity index (χ4v) is 2.19. The second-order valence-electron chi connectivity index (χ2n) is 4.39. The lowest BCUT2D eigenvalue weighted by molar-refractivity contribution is -0.122. The van der Waals surface area contributed by atoms with Crippen molar-refractivity contribution in [1.82, 2.24) is 0 Å². The minimum atomic E-state index is -4.79. The Morgan fingerprint density at radius 3 is 2.48 bits per heavy atom. The van der Waals surface area contributed by atoms with Gasteiger partial charge in [-0.3, -0.25) is 4.79 Å². The Labute approximate surface area is 117 Å². The highest BCUT2D eigenvalue weighted by Crippen LogP contribution is 2.44. The van der Waals surface area contributed by atoms with Gasteiger partial charge in [0, 0.05) is 11.1 Å². The van der Waals surface area contributed by atoms with Crippen LogP contribution in [-0.4, -0.2) is 19.1 Å². The molecule has 0 fully saturated rings. The fourth-order valence-electron chi connectivity index (χ4n) is 2.19. The fraction of sp³-hybridized carbons (Fsp3) is 0.214. The number of hydrogen-bond donors (Lipinski definition) is 1. The lowest BCUT2D eigenvalue weighted by atomic mass is 9.82. The van der Waals surface area contributed by atoms with Crippen LogP contribution in [0.1, 0.15) is 11.5 Å². The van der Waals surface area contributed by atoms with E-state index in [1.807, 2.05) is 0 Å². The number of Topliss-reactive ketones (excluding diaryl/α,β-unsaturated/α-hetero) is 1. The monoisotopic (exact) mass is 301 g/mol. The highest BCUT2D eigenvalue weighted by molar-refractivity contribution is 6.03. The standard InChI is InChI=1S/C14H11F4NO2/c1-21-10-4-2-3-8(15)12(10)11-7(14(16,17)18)5-6-9(19)13(11)20/h2-6,11H,19H2,1H3. The molecule has 1 unspecified atom stereocenters. The third kappa shape index (κ3) is 2.63. The molecule has 1 aromatic rings. The number of hydrogen-bond acceptors (Lipinski definition) is 3. The number of halogens is 4. The molecule has 0 heterocycles. The van der Waals surface area contributed by atoms with Crippen LogP contribution in [0.2, 0.25) is 0 Å². The molecule has 2 N–H and O–H groups in total. The molecule has 0 amide bonds. The Balaban J connectivity index is 2.68. The van der Waals surface area contributed by atoms with Crippen LogP contribution in [0.25, 0.3) is 0 Å². The predicted molar refractivity (Wildman–Crippen MR) is 67.1 cm³/mol. The number of rotatable bonds is 2. The van der Waals surface area contributed by atoms with Crippen molar-refractivity contribution >= 4 is 5.78 Å².